The highest BCUT2D eigenvalue weighted by Gasteiger charge is 2.10. The van der Waals surface area contributed by atoms with Gasteiger partial charge in [0.05, 0.1) is 0 Å². The third-order valence-corrected chi connectivity index (χ3v) is 2.91. The maximum absolute atomic E-state index is 9.67. The molecule has 0 saturated carbocycles. The zero-order chi connectivity index (χ0) is 10.7. The third kappa shape index (κ3) is 2.76. The fraction of sp³-hybridized carbons (Fsp3) is 0.538. The Hall–Kier alpha value is -0.980. The molecule has 0 fully saturated rings. The molecule has 0 bridgehead atoms. The summed E-state index contributed by atoms with van der Waals surface area (Å²) in [6.45, 7) is 8.73. The summed E-state index contributed by atoms with van der Waals surface area (Å²) in [6.07, 6.45) is 0.963. The number of hydrogen-bond acceptors (Lipinski definition) is 1. The Labute approximate surface area is 86.8 Å². The molecule has 14 heavy (non-hydrogen) atoms. The zero-order valence-corrected chi connectivity index (χ0v) is 9.54. The lowest BCUT2D eigenvalue weighted by molar-refractivity contribution is 0.404. The fourth-order valence-corrected chi connectivity index (χ4v) is 1.46. The van der Waals surface area contributed by atoms with Crippen LogP contribution in [0.25, 0.3) is 0 Å². The summed E-state index contributed by atoms with van der Waals surface area (Å²) in [4.78, 5) is 0. The second kappa shape index (κ2) is 4.50. The Morgan fingerprint density at radius 2 is 1.86 bits per heavy atom. The summed E-state index contributed by atoms with van der Waals surface area (Å²) in [5.74, 6) is 1.71. The van der Waals surface area contributed by atoms with Gasteiger partial charge in [-0.3, -0.25) is 0 Å². The lowest BCUT2D eigenvalue weighted by Crippen LogP contribution is -2.07. The van der Waals surface area contributed by atoms with E-state index in [0.717, 1.165) is 12.0 Å². The number of hydrogen-bond donors (Lipinski definition) is 1. The van der Waals surface area contributed by atoms with Gasteiger partial charge in [0.2, 0.25) is 0 Å². The summed E-state index contributed by atoms with van der Waals surface area (Å²) >= 11 is 0. The molecule has 1 heteroatoms. The van der Waals surface area contributed by atoms with E-state index in [1.807, 2.05) is 6.07 Å². The second-order valence-corrected chi connectivity index (χ2v) is 4.56. The quantitative estimate of drug-likeness (QED) is 0.776. The van der Waals surface area contributed by atoms with Crippen molar-refractivity contribution < 1.29 is 5.11 Å². The van der Waals surface area contributed by atoms with Crippen molar-refractivity contribution in [2.45, 2.75) is 34.1 Å². The van der Waals surface area contributed by atoms with Crippen LogP contribution in [-0.4, -0.2) is 5.11 Å². The SMILES string of the molecule is Cc1ccc(O)c(CC(C)C(C)C)c1. The van der Waals surface area contributed by atoms with Crippen LogP contribution in [0.3, 0.4) is 0 Å². The highest BCUT2D eigenvalue weighted by molar-refractivity contribution is 5.35. The topological polar surface area (TPSA) is 20.2 Å². The molecule has 0 spiro atoms. The van der Waals surface area contributed by atoms with E-state index in [0.29, 0.717) is 17.6 Å². The predicted octanol–water partition coefficient (Wildman–Crippen LogP) is 3.54. The van der Waals surface area contributed by atoms with Gasteiger partial charge in [0.15, 0.2) is 0 Å². The molecule has 0 aliphatic heterocycles. The van der Waals surface area contributed by atoms with Gasteiger partial charge in [0, 0.05) is 0 Å². The van der Waals surface area contributed by atoms with E-state index in [4.69, 9.17) is 0 Å². The zero-order valence-electron chi connectivity index (χ0n) is 9.54. The summed E-state index contributed by atoms with van der Waals surface area (Å²) in [6, 6.07) is 5.81. The van der Waals surface area contributed by atoms with Crippen molar-refractivity contribution in [2.75, 3.05) is 0 Å². The molecule has 1 aromatic rings. The molecule has 0 saturated heterocycles. The number of aryl methyl sites for hydroxylation is 1. The van der Waals surface area contributed by atoms with Crippen LogP contribution in [0.1, 0.15) is 31.9 Å². The van der Waals surface area contributed by atoms with Crippen LogP contribution in [0.5, 0.6) is 5.75 Å². The van der Waals surface area contributed by atoms with E-state index in [2.05, 4.69) is 33.8 Å². The molecule has 1 aromatic carbocycles. The first-order valence-corrected chi connectivity index (χ1v) is 5.29. The Balaban J connectivity index is 2.80. The van der Waals surface area contributed by atoms with Crippen LogP contribution in [0, 0.1) is 18.8 Å². The third-order valence-electron chi connectivity index (χ3n) is 2.91. The van der Waals surface area contributed by atoms with Crippen LogP contribution >= 0.6 is 0 Å². The van der Waals surface area contributed by atoms with Crippen molar-refractivity contribution >= 4 is 0 Å². The summed E-state index contributed by atoms with van der Waals surface area (Å²) in [5, 5.41) is 9.67. The van der Waals surface area contributed by atoms with Gasteiger partial charge in [-0.25, -0.2) is 0 Å². The minimum atomic E-state index is 0.433. The van der Waals surface area contributed by atoms with Crippen LogP contribution in [-0.2, 0) is 6.42 Å². The summed E-state index contributed by atoms with van der Waals surface area (Å²) in [5.41, 5.74) is 2.29. The number of phenols is 1. The summed E-state index contributed by atoms with van der Waals surface area (Å²) in [7, 11) is 0. The molecule has 1 rings (SSSR count). The van der Waals surface area contributed by atoms with Gasteiger partial charge in [0.1, 0.15) is 5.75 Å². The number of aromatic hydroxyl groups is 1. The molecule has 78 valence electrons. The van der Waals surface area contributed by atoms with E-state index < -0.39 is 0 Å². The summed E-state index contributed by atoms with van der Waals surface area (Å²) < 4.78 is 0. The minimum Gasteiger partial charge on any atom is -0.508 e. The smallest absolute Gasteiger partial charge is 0.118 e. The Morgan fingerprint density at radius 3 is 2.43 bits per heavy atom. The van der Waals surface area contributed by atoms with Gasteiger partial charge in [-0.05, 0) is 36.8 Å². The monoisotopic (exact) mass is 192 g/mol. The van der Waals surface area contributed by atoms with Gasteiger partial charge < -0.3 is 5.11 Å². The molecule has 1 N–H and O–H groups in total. The van der Waals surface area contributed by atoms with Gasteiger partial charge in [-0.1, -0.05) is 38.5 Å². The molecule has 0 aliphatic carbocycles. The molecule has 1 nitrogen and oxygen atoms in total. The van der Waals surface area contributed by atoms with Crippen LogP contribution in [0.15, 0.2) is 18.2 Å². The van der Waals surface area contributed by atoms with E-state index in [1.54, 1.807) is 6.07 Å². The van der Waals surface area contributed by atoms with Crippen molar-refractivity contribution in [3.63, 3.8) is 0 Å². The highest BCUT2D eigenvalue weighted by atomic mass is 16.3. The van der Waals surface area contributed by atoms with Crippen molar-refractivity contribution in [3.05, 3.63) is 29.3 Å². The largest absolute Gasteiger partial charge is 0.508 e. The first-order valence-electron chi connectivity index (χ1n) is 5.29. The van der Waals surface area contributed by atoms with E-state index >= 15 is 0 Å². The van der Waals surface area contributed by atoms with Crippen molar-refractivity contribution in [2.24, 2.45) is 11.8 Å². The molecule has 0 aromatic heterocycles. The number of phenolic OH excluding ortho intramolecular Hbond substituents is 1. The Morgan fingerprint density at radius 1 is 1.21 bits per heavy atom. The number of benzene rings is 1. The first-order chi connectivity index (χ1) is 6.50. The Bertz CT molecular complexity index is 302. The molecule has 1 unspecified atom stereocenters. The molecule has 0 heterocycles. The van der Waals surface area contributed by atoms with E-state index in [9.17, 15) is 5.11 Å². The molecular formula is C13H20O. The molecule has 0 aliphatic rings. The lowest BCUT2D eigenvalue weighted by atomic mass is 9.90. The van der Waals surface area contributed by atoms with Crippen LogP contribution in [0.4, 0.5) is 0 Å². The van der Waals surface area contributed by atoms with Crippen molar-refractivity contribution in [1.29, 1.82) is 0 Å². The fourth-order valence-electron chi connectivity index (χ4n) is 1.46. The molecule has 1 atom stereocenters. The molecule has 0 amide bonds. The van der Waals surface area contributed by atoms with Crippen molar-refractivity contribution in [3.8, 4) is 5.75 Å². The number of rotatable bonds is 3. The van der Waals surface area contributed by atoms with E-state index in [-0.39, 0.29) is 0 Å². The average Bonchev–Trinajstić information content (AvgIpc) is 2.11. The van der Waals surface area contributed by atoms with Crippen molar-refractivity contribution in [1.82, 2.24) is 0 Å². The predicted molar refractivity (Wildman–Crippen MR) is 60.5 cm³/mol. The van der Waals surface area contributed by atoms with Gasteiger partial charge in [-0.2, -0.15) is 0 Å². The second-order valence-electron chi connectivity index (χ2n) is 4.56. The van der Waals surface area contributed by atoms with Crippen LogP contribution < -0.4 is 0 Å². The maximum atomic E-state index is 9.67. The first kappa shape index (κ1) is 11.1. The van der Waals surface area contributed by atoms with Gasteiger partial charge >= 0.3 is 0 Å². The standard InChI is InChI=1S/C13H20O/c1-9(2)11(4)8-12-7-10(3)5-6-13(12)14/h5-7,9,11,14H,8H2,1-4H3. The average molecular weight is 192 g/mol. The van der Waals surface area contributed by atoms with E-state index in [1.165, 1.54) is 5.56 Å². The minimum absolute atomic E-state index is 0.433. The van der Waals surface area contributed by atoms with Gasteiger partial charge in [-0.15, -0.1) is 0 Å². The highest BCUT2D eigenvalue weighted by Crippen LogP contribution is 2.24. The van der Waals surface area contributed by atoms with Crippen LogP contribution in [0.2, 0.25) is 0 Å². The molecular weight excluding hydrogens is 172 g/mol. The maximum Gasteiger partial charge on any atom is 0.118 e. The van der Waals surface area contributed by atoms with Gasteiger partial charge in [0.25, 0.3) is 0 Å². The Kier molecular flexibility index (Phi) is 3.56. The normalized spacial score (nSPS) is 13.2. The lowest BCUT2D eigenvalue weighted by Gasteiger charge is -2.16. The molecule has 0 radical (unpaired) electrons.